The van der Waals surface area contributed by atoms with Crippen molar-refractivity contribution in [2.45, 2.75) is 46.2 Å². The third-order valence-electron chi connectivity index (χ3n) is 4.85. The Morgan fingerprint density at radius 1 is 1.13 bits per heavy atom. The molecule has 8 heteroatoms. The second-order valence-electron chi connectivity index (χ2n) is 6.98. The quantitative estimate of drug-likeness (QED) is 0.433. The zero-order chi connectivity index (χ0) is 23.0. The summed E-state index contributed by atoms with van der Waals surface area (Å²) >= 11 is 15.8. The van der Waals surface area contributed by atoms with E-state index in [1.165, 1.54) is 4.90 Å². The lowest BCUT2D eigenvalue weighted by atomic mass is 10.1. The van der Waals surface area contributed by atoms with Crippen molar-refractivity contribution in [1.29, 1.82) is 0 Å². The monoisotopic (exact) mass is 528 g/mol. The summed E-state index contributed by atoms with van der Waals surface area (Å²) in [6, 6.07) is 10.2. The zero-order valence-electron chi connectivity index (χ0n) is 17.9. The molecule has 2 rings (SSSR count). The molecule has 0 radical (unpaired) electrons. The second kappa shape index (κ2) is 12.3. The van der Waals surface area contributed by atoms with Crippen molar-refractivity contribution in [3.63, 3.8) is 0 Å². The summed E-state index contributed by atoms with van der Waals surface area (Å²) in [5.74, 6) is 0.0496. The van der Waals surface area contributed by atoms with Gasteiger partial charge in [0.1, 0.15) is 11.8 Å². The Morgan fingerprint density at radius 3 is 2.45 bits per heavy atom. The minimum absolute atomic E-state index is 0.170. The third-order valence-corrected chi connectivity index (χ3v) is 6.06. The van der Waals surface area contributed by atoms with Gasteiger partial charge in [0, 0.05) is 23.1 Å². The van der Waals surface area contributed by atoms with E-state index in [2.05, 4.69) is 28.2 Å². The fourth-order valence-electron chi connectivity index (χ4n) is 3.15. The molecule has 0 aliphatic heterocycles. The number of rotatable bonds is 10. The van der Waals surface area contributed by atoms with Crippen LogP contribution in [-0.4, -0.2) is 35.9 Å². The highest BCUT2D eigenvalue weighted by Gasteiger charge is 2.29. The molecule has 0 aromatic heterocycles. The molecule has 1 atom stereocenters. The van der Waals surface area contributed by atoms with Crippen LogP contribution in [0.3, 0.4) is 0 Å². The number of amides is 2. The second-order valence-corrected chi connectivity index (χ2v) is 8.68. The zero-order valence-corrected chi connectivity index (χ0v) is 21.0. The Hall–Kier alpha value is -1.76. The van der Waals surface area contributed by atoms with Gasteiger partial charge in [0.05, 0.1) is 4.47 Å². The number of benzene rings is 2. The topological polar surface area (TPSA) is 58.6 Å². The van der Waals surface area contributed by atoms with Crippen LogP contribution < -0.4 is 10.1 Å². The Morgan fingerprint density at radius 2 is 1.87 bits per heavy atom. The first-order chi connectivity index (χ1) is 14.8. The number of hydrogen-bond donors (Lipinski definition) is 1. The minimum atomic E-state index is -0.645. The number of carbonyl (C=O) groups excluding carboxylic acids is 2. The highest BCUT2D eigenvalue weighted by atomic mass is 79.9. The first-order valence-electron chi connectivity index (χ1n) is 10.2. The van der Waals surface area contributed by atoms with Crippen molar-refractivity contribution in [1.82, 2.24) is 10.2 Å². The molecule has 0 aliphatic rings. The van der Waals surface area contributed by atoms with Crippen molar-refractivity contribution in [2.24, 2.45) is 0 Å². The molecule has 0 aliphatic carbocycles. The molecule has 0 heterocycles. The number of halogens is 3. The third kappa shape index (κ3) is 7.13. The number of likely N-dealkylation sites (N-methyl/N-ethyl adjacent to an activating group) is 1. The molecule has 2 amide bonds. The number of hydrogen-bond acceptors (Lipinski definition) is 3. The van der Waals surface area contributed by atoms with Gasteiger partial charge >= 0.3 is 0 Å². The molecule has 0 bridgehead atoms. The average Bonchev–Trinajstić information content (AvgIpc) is 2.74. The summed E-state index contributed by atoms with van der Waals surface area (Å²) < 4.78 is 6.56. The van der Waals surface area contributed by atoms with Gasteiger partial charge < -0.3 is 15.0 Å². The van der Waals surface area contributed by atoms with Crippen molar-refractivity contribution >= 4 is 50.9 Å². The molecular weight excluding hydrogens is 503 g/mol. The van der Waals surface area contributed by atoms with E-state index < -0.39 is 6.04 Å². The number of aryl methyl sites for hydroxylation is 1. The lowest BCUT2D eigenvalue weighted by Gasteiger charge is -2.30. The van der Waals surface area contributed by atoms with Crippen molar-refractivity contribution in [3.8, 4) is 5.75 Å². The molecule has 2 aromatic rings. The SMILES string of the molecule is CCNC(=O)[C@@H](CC)N(Cc1ccc(Cl)cc1Cl)C(=O)COc1ccc(CC)cc1Br. The van der Waals surface area contributed by atoms with E-state index in [0.717, 1.165) is 16.5 Å². The summed E-state index contributed by atoms with van der Waals surface area (Å²) in [6.45, 7) is 6.22. The summed E-state index contributed by atoms with van der Waals surface area (Å²) in [4.78, 5) is 27.3. The maximum Gasteiger partial charge on any atom is 0.261 e. The van der Waals surface area contributed by atoms with E-state index >= 15 is 0 Å². The van der Waals surface area contributed by atoms with Crippen LogP contribution in [0.1, 0.15) is 38.3 Å². The predicted molar refractivity (Wildman–Crippen MR) is 129 cm³/mol. The highest BCUT2D eigenvalue weighted by Crippen LogP contribution is 2.27. The van der Waals surface area contributed by atoms with Crippen LogP contribution in [0.15, 0.2) is 40.9 Å². The summed E-state index contributed by atoms with van der Waals surface area (Å²) in [6.07, 6.45) is 1.36. The van der Waals surface area contributed by atoms with E-state index in [-0.39, 0.29) is 25.0 Å². The number of ether oxygens (including phenoxy) is 1. The van der Waals surface area contributed by atoms with Crippen molar-refractivity contribution < 1.29 is 14.3 Å². The first-order valence-corrected chi connectivity index (χ1v) is 11.8. The lowest BCUT2D eigenvalue weighted by molar-refractivity contribution is -0.142. The molecule has 0 saturated carbocycles. The molecule has 0 fully saturated rings. The van der Waals surface area contributed by atoms with Gasteiger partial charge in [-0.1, -0.05) is 49.2 Å². The molecule has 0 spiro atoms. The summed E-state index contributed by atoms with van der Waals surface area (Å²) in [5.41, 5.74) is 1.86. The van der Waals surface area contributed by atoms with Gasteiger partial charge in [0.2, 0.25) is 5.91 Å². The molecule has 5 nitrogen and oxygen atoms in total. The summed E-state index contributed by atoms with van der Waals surface area (Å²) in [5, 5.41) is 3.75. The fourth-order valence-corrected chi connectivity index (χ4v) is 4.16. The number of nitrogens with zero attached hydrogens (tertiary/aromatic N) is 1. The fraction of sp³-hybridized carbons (Fsp3) is 0.391. The average molecular weight is 530 g/mol. The minimum Gasteiger partial charge on any atom is -0.483 e. The molecule has 1 N–H and O–H groups in total. The van der Waals surface area contributed by atoms with Gasteiger partial charge in [-0.25, -0.2) is 0 Å². The van der Waals surface area contributed by atoms with Crippen LogP contribution in [0.4, 0.5) is 0 Å². The lowest BCUT2D eigenvalue weighted by Crippen LogP contribution is -2.50. The van der Waals surface area contributed by atoms with E-state index in [4.69, 9.17) is 27.9 Å². The van der Waals surface area contributed by atoms with Gasteiger partial charge in [-0.05, 0) is 71.1 Å². The van der Waals surface area contributed by atoms with Gasteiger partial charge in [-0.15, -0.1) is 0 Å². The van der Waals surface area contributed by atoms with E-state index in [1.807, 2.05) is 32.0 Å². The predicted octanol–water partition coefficient (Wildman–Crippen LogP) is 5.64. The number of nitrogens with one attached hydrogen (secondary N) is 1. The molecular formula is C23H27BrCl2N2O3. The maximum absolute atomic E-state index is 13.2. The van der Waals surface area contributed by atoms with Crippen LogP contribution >= 0.6 is 39.1 Å². The smallest absolute Gasteiger partial charge is 0.261 e. The Balaban J connectivity index is 2.25. The summed E-state index contributed by atoms with van der Waals surface area (Å²) in [7, 11) is 0. The Labute approximate surface area is 202 Å². The van der Waals surface area contributed by atoms with Crippen LogP contribution in [0.25, 0.3) is 0 Å². The normalized spacial score (nSPS) is 11.7. The maximum atomic E-state index is 13.2. The van der Waals surface area contributed by atoms with Crippen molar-refractivity contribution in [3.05, 3.63) is 62.0 Å². The van der Waals surface area contributed by atoms with E-state index in [1.54, 1.807) is 18.2 Å². The van der Waals surface area contributed by atoms with Crippen LogP contribution in [0.2, 0.25) is 10.0 Å². The molecule has 168 valence electrons. The van der Waals surface area contributed by atoms with E-state index in [0.29, 0.717) is 34.3 Å². The first kappa shape index (κ1) is 25.5. The largest absolute Gasteiger partial charge is 0.483 e. The van der Waals surface area contributed by atoms with Crippen molar-refractivity contribution in [2.75, 3.05) is 13.2 Å². The van der Waals surface area contributed by atoms with Gasteiger partial charge in [-0.3, -0.25) is 9.59 Å². The van der Waals surface area contributed by atoms with Gasteiger partial charge in [0.25, 0.3) is 5.91 Å². The van der Waals surface area contributed by atoms with Gasteiger partial charge in [0.15, 0.2) is 6.61 Å². The number of carbonyl (C=O) groups is 2. The van der Waals surface area contributed by atoms with Crippen LogP contribution in [0.5, 0.6) is 5.75 Å². The Kier molecular flexibility index (Phi) is 10.1. The van der Waals surface area contributed by atoms with Gasteiger partial charge in [-0.2, -0.15) is 0 Å². The van der Waals surface area contributed by atoms with E-state index in [9.17, 15) is 9.59 Å². The molecule has 2 aromatic carbocycles. The van der Waals surface area contributed by atoms with Crippen LogP contribution in [-0.2, 0) is 22.6 Å². The molecule has 31 heavy (non-hydrogen) atoms. The Bertz CT molecular complexity index is 924. The molecule has 0 unspecified atom stereocenters. The highest BCUT2D eigenvalue weighted by molar-refractivity contribution is 9.10. The standard InChI is InChI=1S/C23H27BrCl2N2O3/c1-4-15-7-10-21(18(24)11-15)31-14-22(29)28(20(5-2)23(30)27-6-3)13-16-8-9-17(25)12-19(16)26/h7-12,20H,4-6,13-14H2,1-3H3,(H,27,30)/t20-/m1/s1. The van der Waals surface area contributed by atoms with Crippen LogP contribution in [0, 0.1) is 0 Å². The molecule has 0 saturated heterocycles.